The van der Waals surface area contributed by atoms with E-state index in [1.807, 2.05) is 4.90 Å². The molecule has 0 aromatic rings. The monoisotopic (exact) mass is 619 g/mol. The molecule has 18 heteroatoms. The lowest BCUT2D eigenvalue weighted by Gasteiger charge is -2.20. The molecule has 0 unspecified atom stereocenters. The number of alkyl halides is 6. The molecule has 12 nitrogen and oxygen atoms in total. The van der Waals surface area contributed by atoms with Crippen molar-refractivity contribution in [2.24, 2.45) is 11.5 Å². The number of amides is 2. The van der Waals surface area contributed by atoms with E-state index in [2.05, 4.69) is 26.5 Å². The van der Waals surface area contributed by atoms with Crippen molar-refractivity contribution < 1.29 is 60.9 Å². The molecular formula is C24H39F6N7O5. The number of unbranched alkanes of at least 4 members (excludes halogenated alkanes) is 3. The van der Waals surface area contributed by atoms with Crippen LogP contribution in [0.5, 0.6) is 0 Å². The SMILES string of the molecule is C#CCNC(N)=[NH+]CCCCCCN1CCCCCCCC[NH+]=C(N)NC1=O.O=C([O-])C(F)(F)F.O=C([O-])C(F)(F)F. The van der Waals surface area contributed by atoms with Gasteiger partial charge in [0.05, 0.1) is 13.1 Å². The predicted molar refractivity (Wildman–Crippen MR) is 135 cm³/mol. The summed E-state index contributed by atoms with van der Waals surface area (Å²) in [5, 5.41) is 23.2. The van der Waals surface area contributed by atoms with Gasteiger partial charge in [0.15, 0.2) is 0 Å². The van der Waals surface area contributed by atoms with Gasteiger partial charge in [-0.05, 0) is 25.7 Å². The van der Waals surface area contributed by atoms with Crippen LogP contribution in [0.4, 0.5) is 31.1 Å². The summed E-state index contributed by atoms with van der Waals surface area (Å²) in [5.41, 5.74) is 11.6. The topological polar surface area (TPSA) is 205 Å². The third-order valence-electron chi connectivity index (χ3n) is 5.21. The lowest BCUT2D eigenvalue weighted by atomic mass is 10.1. The molecule has 1 aliphatic heterocycles. The number of urea groups is 1. The minimum absolute atomic E-state index is 0.104. The van der Waals surface area contributed by atoms with Crippen LogP contribution in [0, 0.1) is 12.3 Å². The van der Waals surface area contributed by atoms with Crippen LogP contribution in [0.25, 0.3) is 0 Å². The predicted octanol–water partition coefficient (Wildman–Crippen LogP) is -3.48. The Balaban J connectivity index is 0. The number of guanidine groups is 2. The average Bonchev–Trinajstić information content (AvgIpc) is 2.89. The molecule has 2 amide bonds. The van der Waals surface area contributed by atoms with E-state index >= 15 is 0 Å². The van der Waals surface area contributed by atoms with Crippen molar-refractivity contribution in [3.63, 3.8) is 0 Å². The third kappa shape index (κ3) is 25.1. The van der Waals surface area contributed by atoms with E-state index in [4.69, 9.17) is 37.7 Å². The zero-order valence-corrected chi connectivity index (χ0v) is 23.1. The van der Waals surface area contributed by atoms with Crippen LogP contribution in [0.3, 0.4) is 0 Å². The van der Waals surface area contributed by atoms with Crippen LogP contribution in [0.15, 0.2) is 0 Å². The summed E-state index contributed by atoms with van der Waals surface area (Å²) >= 11 is 0. The second-order valence-electron chi connectivity index (χ2n) is 8.76. The number of rotatable bonds is 8. The number of carboxylic acids is 2. The molecule has 242 valence electrons. The summed E-state index contributed by atoms with van der Waals surface area (Å²) in [6.45, 7) is 3.58. The minimum Gasteiger partial charge on any atom is -0.542 e. The van der Waals surface area contributed by atoms with Crippen molar-refractivity contribution >= 4 is 29.9 Å². The molecule has 8 N–H and O–H groups in total. The van der Waals surface area contributed by atoms with E-state index in [-0.39, 0.29) is 6.03 Å². The Morgan fingerprint density at radius 3 is 2.00 bits per heavy atom. The van der Waals surface area contributed by atoms with Crippen molar-refractivity contribution in [1.29, 1.82) is 0 Å². The summed E-state index contributed by atoms with van der Waals surface area (Å²) in [5.74, 6) is -2.66. The second kappa shape index (κ2) is 22.7. The van der Waals surface area contributed by atoms with Gasteiger partial charge in [0, 0.05) is 13.1 Å². The Labute approximate surface area is 240 Å². The first-order valence-electron chi connectivity index (χ1n) is 13.0. The number of carbonyl (C=O) groups excluding carboxylic acids is 3. The summed E-state index contributed by atoms with van der Waals surface area (Å²) in [6, 6.07) is -0.104. The molecule has 0 aliphatic carbocycles. The number of carboxylic acid groups (broad SMARTS) is 2. The number of nitrogens with one attached hydrogen (secondary N) is 4. The fourth-order valence-corrected chi connectivity index (χ4v) is 3.12. The molecule has 0 saturated heterocycles. The van der Waals surface area contributed by atoms with Gasteiger partial charge in [-0.3, -0.25) is 26.8 Å². The maximum absolute atomic E-state index is 12.5. The van der Waals surface area contributed by atoms with Crippen molar-refractivity contribution in [3.05, 3.63) is 0 Å². The van der Waals surface area contributed by atoms with E-state index in [9.17, 15) is 31.1 Å². The summed E-state index contributed by atoms with van der Waals surface area (Å²) in [6.07, 6.45) is 5.93. The van der Waals surface area contributed by atoms with Gasteiger partial charge in [-0.15, -0.1) is 6.42 Å². The maximum atomic E-state index is 12.5. The first-order valence-corrected chi connectivity index (χ1v) is 13.0. The second-order valence-corrected chi connectivity index (χ2v) is 8.76. The number of terminal acetylenes is 1. The number of nitrogens with zero attached hydrogens (tertiary/aromatic N) is 1. The van der Waals surface area contributed by atoms with Crippen LogP contribution >= 0.6 is 0 Å². The minimum atomic E-state index is -5.19. The molecule has 0 spiro atoms. The lowest BCUT2D eigenvalue weighted by Crippen LogP contribution is -2.79. The Kier molecular flexibility index (Phi) is 21.8. The summed E-state index contributed by atoms with van der Waals surface area (Å²) in [4.78, 5) is 38.1. The van der Waals surface area contributed by atoms with Gasteiger partial charge in [0.2, 0.25) is 0 Å². The van der Waals surface area contributed by atoms with Crippen molar-refractivity contribution in [2.45, 2.75) is 76.6 Å². The number of hydrogen-bond donors (Lipinski definition) is 6. The molecular weight excluding hydrogens is 580 g/mol. The zero-order chi connectivity index (χ0) is 32.6. The molecule has 42 heavy (non-hydrogen) atoms. The molecule has 0 saturated carbocycles. The third-order valence-corrected chi connectivity index (χ3v) is 5.21. The number of carbonyl (C=O) groups is 3. The smallest absolute Gasteiger partial charge is 0.430 e. The van der Waals surface area contributed by atoms with E-state index in [0.717, 1.165) is 64.7 Å². The van der Waals surface area contributed by atoms with E-state index < -0.39 is 24.3 Å². The van der Waals surface area contributed by atoms with E-state index in [0.29, 0.717) is 18.5 Å². The van der Waals surface area contributed by atoms with Crippen LogP contribution in [-0.4, -0.2) is 79.9 Å². The van der Waals surface area contributed by atoms with Gasteiger partial charge in [-0.25, -0.2) is 4.79 Å². The highest BCUT2D eigenvalue weighted by molar-refractivity contribution is 5.92. The van der Waals surface area contributed by atoms with Gasteiger partial charge in [0.1, 0.15) is 18.5 Å². The molecule has 0 aromatic heterocycles. The van der Waals surface area contributed by atoms with Gasteiger partial charge in [-0.1, -0.05) is 44.4 Å². The zero-order valence-electron chi connectivity index (χ0n) is 23.1. The standard InChI is InChI=1S/C20H37N7O.2C2HF3O2/c1-2-13-23-18(21)24-14-10-6-8-12-17-27-16-11-7-4-3-5-9-15-25-19(22)26-20(27)28;2*3-2(4,5)1(6)7/h1H,3-17H2,(H3,21,23,24)(H3,22,25,26,28);2*(H,6,7). The molecule has 0 aromatic carbocycles. The number of aliphatic carboxylic acids is 2. The highest BCUT2D eigenvalue weighted by Gasteiger charge is 2.29. The number of nitrogens with two attached hydrogens (primary N) is 2. The fourth-order valence-electron chi connectivity index (χ4n) is 3.12. The first-order chi connectivity index (χ1) is 19.5. The number of halogens is 6. The Hall–Kier alpha value is -3.91. The molecule has 0 atom stereocenters. The molecule has 1 aliphatic rings. The Morgan fingerprint density at radius 1 is 0.976 bits per heavy atom. The van der Waals surface area contributed by atoms with Crippen molar-refractivity contribution in [3.8, 4) is 12.3 Å². The van der Waals surface area contributed by atoms with E-state index in [1.54, 1.807) is 0 Å². The lowest BCUT2D eigenvalue weighted by molar-refractivity contribution is -0.461. The maximum Gasteiger partial charge on any atom is 0.430 e. The van der Waals surface area contributed by atoms with Gasteiger partial charge in [0.25, 0.3) is 0 Å². The van der Waals surface area contributed by atoms with Gasteiger partial charge < -0.3 is 24.7 Å². The quantitative estimate of drug-likeness (QED) is 0.0528. The fraction of sp³-hybridized carbons (Fsp3) is 0.708. The van der Waals surface area contributed by atoms with E-state index in [1.165, 1.54) is 25.7 Å². The average molecular weight is 620 g/mol. The summed E-state index contributed by atoms with van der Waals surface area (Å²) in [7, 11) is 0. The van der Waals surface area contributed by atoms with Gasteiger partial charge in [-0.2, -0.15) is 31.7 Å². The Morgan fingerprint density at radius 2 is 1.48 bits per heavy atom. The van der Waals surface area contributed by atoms with Crippen molar-refractivity contribution in [2.75, 3.05) is 32.7 Å². The van der Waals surface area contributed by atoms with Crippen LogP contribution in [0.2, 0.25) is 0 Å². The normalized spacial score (nSPS) is 15.4. The molecule has 1 rings (SSSR count). The molecule has 0 fully saturated rings. The van der Waals surface area contributed by atoms with Crippen LogP contribution in [0.1, 0.15) is 64.2 Å². The van der Waals surface area contributed by atoms with Crippen molar-refractivity contribution in [1.82, 2.24) is 15.5 Å². The Bertz CT molecular complexity index is 882. The van der Waals surface area contributed by atoms with Crippen LogP contribution < -0.4 is 42.3 Å². The highest BCUT2D eigenvalue weighted by atomic mass is 19.4. The largest absolute Gasteiger partial charge is 0.542 e. The number of hydrogen-bond acceptors (Lipinski definition) is 6. The molecule has 1 heterocycles. The highest BCUT2D eigenvalue weighted by Crippen LogP contribution is 2.12. The van der Waals surface area contributed by atoms with Crippen LogP contribution in [-0.2, 0) is 9.59 Å². The van der Waals surface area contributed by atoms with Gasteiger partial charge >= 0.3 is 30.3 Å². The molecule has 0 bridgehead atoms. The molecule has 0 radical (unpaired) electrons. The summed E-state index contributed by atoms with van der Waals surface area (Å²) < 4.78 is 63.1. The first kappa shape index (κ1) is 40.2.